The summed E-state index contributed by atoms with van der Waals surface area (Å²) in [5.74, 6) is 1.17. The number of nitrogens with one attached hydrogen (secondary N) is 1. The minimum Gasteiger partial charge on any atom is -0.352 e. The number of hydrogen-bond donors (Lipinski definition) is 1. The van der Waals surface area contributed by atoms with Crippen LogP contribution in [0.2, 0.25) is 0 Å². The Morgan fingerprint density at radius 3 is 2.45 bits per heavy atom. The van der Waals surface area contributed by atoms with Crippen molar-refractivity contribution in [3.63, 3.8) is 0 Å². The lowest BCUT2D eigenvalue weighted by molar-refractivity contribution is -0.139. The fourth-order valence-corrected chi connectivity index (χ4v) is 5.08. The van der Waals surface area contributed by atoms with Gasteiger partial charge in [0.15, 0.2) is 0 Å². The van der Waals surface area contributed by atoms with Gasteiger partial charge in [-0.25, -0.2) is 0 Å². The molecule has 2 aromatic rings. The van der Waals surface area contributed by atoms with E-state index in [0.717, 1.165) is 29.7 Å². The maximum absolute atomic E-state index is 13.3. The van der Waals surface area contributed by atoms with Crippen molar-refractivity contribution in [2.24, 2.45) is 0 Å². The fourth-order valence-electron chi connectivity index (χ4n) is 4.21. The molecule has 2 aromatic carbocycles. The molecule has 0 aliphatic heterocycles. The number of benzene rings is 2. The van der Waals surface area contributed by atoms with E-state index in [9.17, 15) is 9.59 Å². The highest BCUT2D eigenvalue weighted by atomic mass is 32.2. The van der Waals surface area contributed by atoms with Crippen LogP contribution in [0.5, 0.6) is 0 Å². The maximum Gasteiger partial charge on any atom is 0.243 e. The zero-order chi connectivity index (χ0) is 22.1. The number of rotatable bonds is 10. The van der Waals surface area contributed by atoms with Crippen LogP contribution in [0, 0.1) is 6.92 Å². The van der Waals surface area contributed by atoms with Crippen LogP contribution in [0.1, 0.15) is 55.7 Å². The molecule has 166 valence electrons. The van der Waals surface area contributed by atoms with Crippen LogP contribution < -0.4 is 5.32 Å². The quantitative estimate of drug-likeness (QED) is 0.562. The number of amides is 2. The molecule has 1 unspecified atom stereocenters. The molecule has 0 aromatic heterocycles. The Balaban J connectivity index is 1.70. The first-order valence-corrected chi connectivity index (χ1v) is 12.5. The predicted octanol–water partition coefficient (Wildman–Crippen LogP) is 5.09. The molecule has 0 heterocycles. The van der Waals surface area contributed by atoms with Crippen molar-refractivity contribution in [3.8, 4) is 0 Å². The third kappa shape index (κ3) is 7.13. The summed E-state index contributed by atoms with van der Waals surface area (Å²) in [4.78, 5) is 28.2. The third-order valence-corrected chi connectivity index (χ3v) is 6.85. The van der Waals surface area contributed by atoms with Crippen LogP contribution in [-0.2, 0) is 21.9 Å². The smallest absolute Gasteiger partial charge is 0.243 e. The highest BCUT2D eigenvalue weighted by Crippen LogP contribution is 2.20. The lowest BCUT2D eigenvalue weighted by Crippen LogP contribution is -2.51. The van der Waals surface area contributed by atoms with E-state index in [1.54, 1.807) is 16.7 Å². The largest absolute Gasteiger partial charge is 0.352 e. The van der Waals surface area contributed by atoms with Crippen LogP contribution in [0.15, 0.2) is 54.6 Å². The van der Waals surface area contributed by atoms with E-state index >= 15 is 0 Å². The van der Waals surface area contributed by atoms with Gasteiger partial charge >= 0.3 is 0 Å². The van der Waals surface area contributed by atoms with E-state index in [1.807, 2.05) is 37.3 Å². The molecule has 1 aliphatic carbocycles. The molecule has 2 amide bonds. The molecular formula is C26H34N2O2S. The molecule has 0 bridgehead atoms. The van der Waals surface area contributed by atoms with Gasteiger partial charge in [-0.05, 0) is 37.3 Å². The number of nitrogens with zero attached hydrogens (tertiary/aromatic N) is 1. The first-order valence-electron chi connectivity index (χ1n) is 11.3. The highest BCUT2D eigenvalue weighted by molar-refractivity contribution is 7.99. The molecule has 0 spiro atoms. The lowest BCUT2D eigenvalue weighted by Gasteiger charge is -2.31. The Morgan fingerprint density at radius 1 is 1.06 bits per heavy atom. The van der Waals surface area contributed by atoms with Crippen LogP contribution >= 0.6 is 11.8 Å². The van der Waals surface area contributed by atoms with Gasteiger partial charge in [0.1, 0.15) is 6.04 Å². The number of thioether (sulfide) groups is 1. The van der Waals surface area contributed by atoms with Crippen LogP contribution in [0.25, 0.3) is 0 Å². The molecule has 1 atom stereocenters. The predicted molar refractivity (Wildman–Crippen MR) is 129 cm³/mol. The van der Waals surface area contributed by atoms with E-state index in [4.69, 9.17) is 0 Å². The fraction of sp³-hybridized carbons (Fsp3) is 0.462. The molecule has 3 rings (SSSR count). The van der Waals surface area contributed by atoms with E-state index < -0.39 is 6.04 Å². The first-order chi connectivity index (χ1) is 15.1. The number of carbonyl (C=O) groups excluding carboxylic acids is 2. The Hall–Kier alpha value is -2.27. The van der Waals surface area contributed by atoms with Crippen LogP contribution in [0.4, 0.5) is 0 Å². The van der Waals surface area contributed by atoms with Gasteiger partial charge in [-0.3, -0.25) is 9.59 Å². The van der Waals surface area contributed by atoms with Gasteiger partial charge in [-0.1, -0.05) is 79.9 Å². The van der Waals surface area contributed by atoms with Gasteiger partial charge in [0.05, 0.1) is 5.75 Å². The van der Waals surface area contributed by atoms with Crippen LogP contribution in [-0.4, -0.2) is 34.6 Å². The topological polar surface area (TPSA) is 49.4 Å². The van der Waals surface area contributed by atoms with Crippen molar-refractivity contribution in [3.05, 3.63) is 71.3 Å². The number of hydrogen-bond acceptors (Lipinski definition) is 3. The van der Waals surface area contributed by atoms with Crippen molar-refractivity contribution < 1.29 is 9.59 Å². The molecule has 1 fully saturated rings. The summed E-state index contributed by atoms with van der Waals surface area (Å²) >= 11 is 1.61. The standard InChI is InChI=1S/C26H34N2O2S/c1-3-24(26(30)27-23-14-7-8-15-23)28(17-22-13-9-10-20(2)16-22)25(29)19-31-18-21-11-5-4-6-12-21/h4-6,9-13,16,23-24H,3,7-8,14-15,17-19H2,1-2H3,(H,27,30). The molecule has 31 heavy (non-hydrogen) atoms. The zero-order valence-electron chi connectivity index (χ0n) is 18.7. The molecule has 1 N–H and O–H groups in total. The van der Waals surface area contributed by atoms with Gasteiger partial charge in [-0.2, -0.15) is 0 Å². The van der Waals surface area contributed by atoms with Crippen molar-refractivity contribution >= 4 is 23.6 Å². The summed E-state index contributed by atoms with van der Waals surface area (Å²) < 4.78 is 0. The normalized spacial score (nSPS) is 14.9. The van der Waals surface area contributed by atoms with Crippen molar-refractivity contribution in [1.29, 1.82) is 0 Å². The summed E-state index contributed by atoms with van der Waals surface area (Å²) in [7, 11) is 0. The Labute approximate surface area is 190 Å². The SMILES string of the molecule is CCC(C(=O)NC1CCCC1)N(Cc1cccc(C)c1)C(=O)CSCc1ccccc1. The summed E-state index contributed by atoms with van der Waals surface area (Å²) in [6, 6.07) is 18.2. The van der Waals surface area contributed by atoms with E-state index in [0.29, 0.717) is 18.7 Å². The van der Waals surface area contributed by atoms with Gasteiger partial charge in [0.2, 0.25) is 11.8 Å². The summed E-state index contributed by atoms with van der Waals surface area (Å²) in [5.41, 5.74) is 3.43. The summed E-state index contributed by atoms with van der Waals surface area (Å²) in [6.45, 7) is 4.50. The average Bonchev–Trinajstić information content (AvgIpc) is 3.27. The second kappa shape index (κ2) is 11.9. The Bertz CT molecular complexity index is 849. The second-order valence-corrected chi connectivity index (χ2v) is 9.39. The minimum atomic E-state index is -0.439. The maximum atomic E-state index is 13.3. The highest BCUT2D eigenvalue weighted by Gasteiger charge is 2.30. The minimum absolute atomic E-state index is 0.0107. The number of aryl methyl sites for hydroxylation is 1. The second-order valence-electron chi connectivity index (χ2n) is 8.40. The zero-order valence-corrected chi connectivity index (χ0v) is 19.5. The summed E-state index contributed by atoms with van der Waals surface area (Å²) in [6.07, 6.45) is 5.04. The Kier molecular flexibility index (Phi) is 9.01. The average molecular weight is 439 g/mol. The first kappa shape index (κ1) is 23.4. The molecule has 1 saturated carbocycles. The van der Waals surface area contributed by atoms with Crippen molar-refractivity contribution in [2.45, 2.75) is 70.3 Å². The van der Waals surface area contributed by atoms with Crippen molar-refractivity contribution in [1.82, 2.24) is 10.2 Å². The third-order valence-electron chi connectivity index (χ3n) is 5.86. The van der Waals surface area contributed by atoms with Gasteiger partial charge in [0, 0.05) is 18.3 Å². The Morgan fingerprint density at radius 2 is 1.77 bits per heavy atom. The molecule has 1 aliphatic rings. The van der Waals surface area contributed by atoms with E-state index in [-0.39, 0.29) is 17.9 Å². The van der Waals surface area contributed by atoms with Gasteiger partial charge in [-0.15, -0.1) is 11.8 Å². The van der Waals surface area contributed by atoms with Gasteiger partial charge < -0.3 is 10.2 Å². The van der Waals surface area contributed by atoms with E-state index in [1.165, 1.54) is 18.4 Å². The monoisotopic (exact) mass is 438 g/mol. The van der Waals surface area contributed by atoms with Crippen LogP contribution in [0.3, 0.4) is 0 Å². The summed E-state index contributed by atoms with van der Waals surface area (Å²) in [5, 5.41) is 3.20. The molecule has 5 heteroatoms. The van der Waals surface area contributed by atoms with Crippen molar-refractivity contribution in [2.75, 3.05) is 5.75 Å². The van der Waals surface area contributed by atoms with Gasteiger partial charge in [0.25, 0.3) is 0 Å². The molecular weight excluding hydrogens is 404 g/mol. The van der Waals surface area contributed by atoms with E-state index in [2.05, 4.69) is 36.5 Å². The molecule has 4 nitrogen and oxygen atoms in total. The molecule has 0 radical (unpaired) electrons. The molecule has 0 saturated heterocycles. The lowest BCUT2D eigenvalue weighted by atomic mass is 10.1. The number of carbonyl (C=O) groups is 2.